The van der Waals surface area contributed by atoms with Crippen LogP contribution in [0.5, 0.6) is 5.75 Å². The molecule has 1 amide bonds. The largest absolute Gasteiger partial charge is 0.497 e. The number of esters is 1. The van der Waals surface area contributed by atoms with E-state index in [1.165, 1.54) is 29.6 Å². The van der Waals surface area contributed by atoms with Crippen molar-refractivity contribution >= 4 is 46.3 Å². The van der Waals surface area contributed by atoms with E-state index in [-0.39, 0.29) is 23.8 Å². The molecule has 0 N–H and O–H groups in total. The third-order valence-corrected chi connectivity index (χ3v) is 7.00. The number of rotatable bonds is 8. The minimum Gasteiger partial charge on any atom is -0.497 e. The number of carbonyl (C=O) groups is 2. The van der Waals surface area contributed by atoms with Crippen LogP contribution in [-0.2, 0) is 14.3 Å². The monoisotopic (exact) mass is 497 g/mol. The lowest BCUT2D eigenvalue weighted by atomic mass is 10.2. The fourth-order valence-corrected chi connectivity index (χ4v) is 5.34. The van der Waals surface area contributed by atoms with Crippen LogP contribution < -0.4 is 10.3 Å². The summed E-state index contributed by atoms with van der Waals surface area (Å²) in [4.78, 5) is 43.9. The molecule has 0 atom stereocenters. The van der Waals surface area contributed by atoms with Gasteiger partial charge in [0.15, 0.2) is 5.16 Å². The highest BCUT2D eigenvalue weighted by Crippen LogP contribution is 2.30. The van der Waals surface area contributed by atoms with Gasteiger partial charge in [0.25, 0.3) is 5.56 Å². The summed E-state index contributed by atoms with van der Waals surface area (Å²) in [5, 5.41) is 1.61. The third-order valence-electron chi connectivity index (χ3n) is 5.06. The Morgan fingerprint density at radius 1 is 1.18 bits per heavy atom. The summed E-state index contributed by atoms with van der Waals surface area (Å²) in [6, 6.07) is 14.4. The first-order chi connectivity index (χ1) is 16.5. The lowest BCUT2D eigenvalue weighted by Gasteiger charge is -2.18. The molecule has 34 heavy (non-hydrogen) atoms. The highest BCUT2D eigenvalue weighted by atomic mass is 32.2. The van der Waals surface area contributed by atoms with Crippen LogP contribution in [0.4, 0.5) is 0 Å². The van der Waals surface area contributed by atoms with Crippen molar-refractivity contribution in [3.8, 4) is 11.4 Å². The summed E-state index contributed by atoms with van der Waals surface area (Å²) < 4.78 is 11.8. The first-order valence-electron chi connectivity index (χ1n) is 10.6. The van der Waals surface area contributed by atoms with Gasteiger partial charge < -0.3 is 14.4 Å². The molecule has 0 radical (unpaired) electrons. The van der Waals surface area contributed by atoms with Crippen molar-refractivity contribution in [3.05, 3.63) is 70.0 Å². The summed E-state index contributed by atoms with van der Waals surface area (Å²) in [5.74, 6) is 0.904. The maximum absolute atomic E-state index is 13.4. The van der Waals surface area contributed by atoms with Crippen LogP contribution in [0.15, 0.2) is 69.6 Å². The maximum Gasteiger partial charge on any atom is 0.333 e. The Morgan fingerprint density at radius 2 is 1.94 bits per heavy atom. The van der Waals surface area contributed by atoms with Crippen molar-refractivity contribution in [1.29, 1.82) is 0 Å². The molecule has 0 bridgehead atoms. The molecular weight excluding hydrogens is 474 g/mol. The summed E-state index contributed by atoms with van der Waals surface area (Å²) >= 11 is 2.69. The number of aromatic nitrogens is 2. The lowest BCUT2D eigenvalue weighted by Crippen LogP contribution is -2.28. The molecule has 10 heteroatoms. The van der Waals surface area contributed by atoms with Gasteiger partial charge in [-0.15, -0.1) is 0 Å². The normalized spacial score (nSPS) is 14.7. The molecule has 2 heterocycles. The molecule has 0 unspecified atom stereocenters. The molecule has 0 spiro atoms. The predicted molar refractivity (Wildman–Crippen MR) is 134 cm³/mol. The third kappa shape index (κ3) is 5.13. The zero-order chi connectivity index (χ0) is 24.1. The molecular formula is C24H23N3O5S2. The SMILES string of the molecule is CCOC(=O)C=C1SCC(=O)N1CCSc1nc2ccccc2c(=O)n1-c1ccc(OC)cc1. The minimum absolute atomic E-state index is 0.0693. The van der Waals surface area contributed by atoms with Crippen LogP contribution in [-0.4, -0.2) is 58.1 Å². The standard InChI is InChI=1S/C24H23N3O5S2/c1-3-32-22(29)14-21-26(20(28)15-34-21)12-13-33-24-25-19-7-5-4-6-18(19)23(30)27(24)16-8-10-17(31-2)11-9-16/h4-11,14H,3,12-13,15H2,1-2H3. The van der Waals surface area contributed by atoms with E-state index >= 15 is 0 Å². The fourth-order valence-electron chi connectivity index (χ4n) is 3.45. The van der Waals surface area contributed by atoms with E-state index in [1.807, 2.05) is 24.3 Å². The van der Waals surface area contributed by atoms with Gasteiger partial charge in [0.05, 0.1) is 47.2 Å². The Hall–Kier alpha value is -3.24. The molecule has 0 aliphatic carbocycles. The Bertz CT molecular complexity index is 1300. The van der Waals surface area contributed by atoms with Crippen molar-refractivity contribution in [2.75, 3.05) is 31.8 Å². The average molecular weight is 498 g/mol. The number of para-hydroxylation sites is 1. The molecule has 2 aromatic carbocycles. The number of hydrogen-bond donors (Lipinski definition) is 0. The topological polar surface area (TPSA) is 90.7 Å². The minimum atomic E-state index is -0.470. The second-order valence-corrected chi connectivity index (χ2v) is 9.22. The molecule has 1 saturated heterocycles. The van der Waals surface area contributed by atoms with Crippen molar-refractivity contribution in [2.45, 2.75) is 12.1 Å². The Kier molecular flexibility index (Phi) is 7.59. The quantitative estimate of drug-likeness (QED) is 0.202. The number of carbonyl (C=O) groups excluding carboxylic acids is 2. The molecule has 1 aliphatic heterocycles. The summed E-state index contributed by atoms with van der Waals surface area (Å²) in [5.41, 5.74) is 1.10. The van der Waals surface area contributed by atoms with E-state index in [2.05, 4.69) is 0 Å². The average Bonchev–Trinajstić information content (AvgIpc) is 3.18. The number of methoxy groups -OCH3 is 1. The molecule has 1 aliphatic rings. The number of fused-ring (bicyclic) bond motifs is 1. The fraction of sp³-hybridized carbons (Fsp3) is 0.250. The van der Waals surface area contributed by atoms with Crippen LogP contribution in [0.2, 0.25) is 0 Å². The summed E-state index contributed by atoms with van der Waals surface area (Å²) in [6.45, 7) is 2.37. The first-order valence-corrected chi connectivity index (χ1v) is 12.6. The van der Waals surface area contributed by atoms with Gasteiger partial charge in [-0.2, -0.15) is 0 Å². The highest BCUT2D eigenvalue weighted by Gasteiger charge is 2.27. The number of benzene rings is 2. The number of thioether (sulfide) groups is 2. The lowest BCUT2D eigenvalue weighted by molar-refractivity contribution is -0.137. The van der Waals surface area contributed by atoms with Gasteiger partial charge in [-0.3, -0.25) is 14.2 Å². The van der Waals surface area contributed by atoms with Crippen LogP contribution >= 0.6 is 23.5 Å². The molecule has 8 nitrogen and oxygen atoms in total. The Morgan fingerprint density at radius 3 is 2.68 bits per heavy atom. The van der Waals surface area contributed by atoms with Crippen LogP contribution in [0.3, 0.4) is 0 Å². The second kappa shape index (κ2) is 10.8. The van der Waals surface area contributed by atoms with E-state index in [4.69, 9.17) is 14.5 Å². The number of ether oxygens (including phenoxy) is 2. The van der Waals surface area contributed by atoms with E-state index in [1.54, 1.807) is 47.8 Å². The van der Waals surface area contributed by atoms with Gasteiger partial charge >= 0.3 is 5.97 Å². The Labute approximate surface area is 204 Å². The molecule has 3 aromatic rings. The number of amides is 1. The van der Waals surface area contributed by atoms with Crippen molar-refractivity contribution in [3.63, 3.8) is 0 Å². The number of hydrogen-bond acceptors (Lipinski definition) is 8. The number of nitrogens with zero attached hydrogens (tertiary/aromatic N) is 3. The van der Waals surface area contributed by atoms with Crippen LogP contribution in [0, 0.1) is 0 Å². The molecule has 4 rings (SSSR count). The predicted octanol–water partition coefficient (Wildman–Crippen LogP) is 3.47. The van der Waals surface area contributed by atoms with Gasteiger partial charge in [-0.25, -0.2) is 9.78 Å². The summed E-state index contributed by atoms with van der Waals surface area (Å²) in [7, 11) is 1.59. The zero-order valence-corrected chi connectivity index (χ0v) is 20.4. The van der Waals surface area contributed by atoms with E-state index < -0.39 is 5.97 Å². The first kappa shape index (κ1) is 23.9. The van der Waals surface area contributed by atoms with Crippen molar-refractivity contribution in [2.24, 2.45) is 0 Å². The van der Waals surface area contributed by atoms with E-state index in [0.717, 1.165) is 0 Å². The molecule has 0 saturated carbocycles. The van der Waals surface area contributed by atoms with Gasteiger partial charge in [-0.05, 0) is 43.3 Å². The van der Waals surface area contributed by atoms with Gasteiger partial charge in [0.1, 0.15) is 5.75 Å². The molecule has 1 aromatic heterocycles. The smallest absolute Gasteiger partial charge is 0.333 e. The van der Waals surface area contributed by atoms with Crippen molar-refractivity contribution < 1.29 is 19.1 Å². The maximum atomic E-state index is 13.4. The van der Waals surface area contributed by atoms with Crippen molar-refractivity contribution in [1.82, 2.24) is 14.5 Å². The van der Waals surface area contributed by atoms with Crippen LogP contribution in [0.1, 0.15) is 6.92 Å². The zero-order valence-electron chi connectivity index (χ0n) is 18.7. The molecule has 176 valence electrons. The van der Waals surface area contributed by atoms with Crippen LogP contribution in [0.25, 0.3) is 16.6 Å². The molecule has 1 fully saturated rings. The van der Waals surface area contributed by atoms with Gasteiger partial charge in [0.2, 0.25) is 5.91 Å². The van der Waals surface area contributed by atoms with E-state index in [9.17, 15) is 14.4 Å². The Balaban J connectivity index is 1.61. The highest BCUT2D eigenvalue weighted by molar-refractivity contribution is 8.04. The van der Waals surface area contributed by atoms with Gasteiger partial charge in [-0.1, -0.05) is 35.7 Å². The second-order valence-electron chi connectivity index (χ2n) is 7.17. The summed E-state index contributed by atoms with van der Waals surface area (Å²) in [6.07, 6.45) is 1.35. The van der Waals surface area contributed by atoms with E-state index in [0.29, 0.717) is 44.8 Å². The van der Waals surface area contributed by atoms with Gasteiger partial charge in [0, 0.05) is 12.3 Å².